The zero-order valence-corrected chi connectivity index (χ0v) is 12.8. The monoisotopic (exact) mass is 294 g/mol. The summed E-state index contributed by atoms with van der Waals surface area (Å²) in [6.45, 7) is 7.78. The van der Waals surface area contributed by atoms with E-state index < -0.39 is 11.9 Å². The molecule has 1 aromatic rings. The first-order valence-electron chi connectivity index (χ1n) is 6.99. The van der Waals surface area contributed by atoms with Crippen LogP contribution in [0.25, 0.3) is 0 Å². The molecule has 0 aliphatic rings. The maximum absolute atomic E-state index is 11.5. The molecule has 0 saturated heterocycles. The largest absolute Gasteiger partial charge is 0.508 e. The number of phenols is 1. The molecule has 116 valence electrons. The second-order valence-corrected chi connectivity index (χ2v) is 6.08. The van der Waals surface area contributed by atoms with Crippen LogP contribution in [0.3, 0.4) is 0 Å². The number of aromatic carboxylic acids is 2. The Morgan fingerprint density at radius 2 is 1.43 bits per heavy atom. The molecule has 0 bridgehead atoms. The van der Waals surface area contributed by atoms with Crippen LogP contribution in [0.5, 0.6) is 5.75 Å². The second kappa shape index (κ2) is 6.61. The third-order valence-corrected chi connectivity index (χ3v) is 3.19. The molecular formula is C16H22O5. The lowest BCUT2D eigenvalue weighted by molar-refractivity contribution is 0.0649. The molecule has 3 N–H and O–H groups in total. The average molecular weight is 294 g/mol. The fourth-order valence-electron chi connectivity index (χ4n) is 2.45. The maximum atomic E-state index is 11.5. The van der Waals surface area contributed by atoms with Crippen molar-refractivity contribution < 1.29 is 24.9 Å². The molecule has 5 nitrogen and oxygen atoms in total. The minimum absolute atomic E-state index is 0.137. The summed E-state index contributed by atoms with van der Waals surface area (Å²) in [5, 5.41) is 28.7. The number of hydrogen-bond donors (Lipinski definition) is 3. The molecular weight excluding hydrogens is 272 g/mol. The van der Waals surface area contributed by atoms with Crippen molar-refractivity contribution in [2.75, 3.05) is 0 Å². The Balaban J connectivity index is 3.68. The van der Waals surface area contributed by atoms with Gasteiger partial charge in [-0.25, -0.2) is 9.59 Å². The fraction of sp³-hybridized carbons (Fsp3) is 0.500. The highest BCUT2D eigenvalue weighted by atomic mass is 16.4. The van der Waals surface area contributed by atoms with E-state index in [0.717, 1.165) is 6.07 Å². The Morgan fingerprint density at radius 3 is 1.81 bits per heavy atom. The van der Waals surface area contributed by atoms with Crippen LogP contribution in [0.1, 0.15) is 59.5 Å². The van der Waals surface area contributed by atoms with Crippen molar-refractivity contribution >= 4 is 11.9 Å². The zero-order chi connectivity index (χ0) is 16.3. The van der Waals surface area contributed by atoms with Gasteiger partial charge in [-0.15, -0.1) is 0 Å². The molecule has 0 heterocycles. The molecule has 5 heteroatoms. The standard InChI is InChI=1S/C16H22O5/c1-8(2)5-10-11(6-9(3)4)14(16(20)21)12(15(18)19)7-13(10)17/h7-9,17H,5-6H2,1-4H3,(H,18,19)(H,20,21). The summed E-state index contributed by atoms with van der Waals surface area (Å²) >= 11 is 0. The number of carboxylic acid groups (broad SMARTS) is 2. The number of hydrogen-bond acceptors (Lipinski definition) is 3. The van der Waals surface area contributed by atoms with Gasteiger partial charge in [0.2, 0.25) is 0 Å². The molecule has 1 aromatic carbocycles. The molecule has 1 rings (SSSR count). The molecule has 0 amide bonds. The minimum Gasteiger partial charge on any atom is -0.508 e. The first-order chi connectivity index (χ1) is 9.65. The predicted molar refractivity (Wildman–Crippen MR) is 79.1 cm³/mol. The van der Waals surface area contributed by atoms with Gasteiger partial charge in [-0.05, 0) is 41.9 Å². The third kappa shape index (κ3) is 3.97. The number of carbonyl (C=O) groups is 2. The van der Waals surface area contributed by atoms with E-state index in [9.17, 15) is 24.9 Å². The topological polar surface area (TPSA) is 94.8 Å². The van der Waals surface area contributed by atoms with E-state index in [-0.39, 0.29) is 28.7 Å². The van der Waals surface area contributed by atoms with Crippen molar-refractivity contribution in [3.8, 4) is 5.75 Å². The lowest BCUT2D eigenvalue weighted by Gasteiger charge is -2.19. The Kier molecular flexibility index (Phi) is 5.35. The summed E-state index contributed by atoms with van der Waals surface area (Å²) in [5.41, 5.74) is 0.414. The average Bonchev–Trinajstić information content (AvgIpc) is 2.31. The van der Waals surface area contributed by atoms with Crippen LogP contribution in [0.2, 0.25) is 0 Å². The Bertz CT molecular complexity index is 558. The van der Waals surface area contributed by atoms with Crippen molar-refractivity contribution in [3.05, 3.63) is 28.3 Å². The summed E-state index contributed by atoms with van der Waals surface area (Å²) in [5.74, 6) is -2.38. The van der Waals surface area contributed by atoms with Crippen LogP contribution in [0, 0.1) is 11.8 Å². The predicted octanol–water partition coefficient (Wildman–Crippen LogP) is 3.19. The van der Waals surface area contributed by atoms with Crippen LogP contribution in [-0.2, 0) is 12.8 Å². The maximum Gasteiger partial charge on any atom is 0.336 e. The molecule has 0 aliphatic carbocycles. The van der Waals surface area contributed by atoms with Crippen molar-refractivity contribution in [1.29, 1.82) is 0 Å². The Hall–Kier alpha value is -2.04. The van der Waals surface area contributed by atoms with Gasteiger partial charge >= 0.3 is 11.9 Å². The van der Waals surface area contributed by atoms with Crippen LogP contribution >= 0.6 is 0 Å². The van der Waals surface area contributed by atoms with E-state index in [1.54, 1.807) is 0 Å². The third-order valence-electron chi connectivity index (χ3n) is 3.19. The highest BCUT2D eigenvalue weighted by molar-refractivity contribution is 6.03. The first-order valence-corrected chi connectivity index (χ1v) is 6.99. The summed E-state index contributed by atoms with van der Waals surface area (Å²) in [7, 11) is 0. The van der Waals surface area contributed by atoms with Gasteiger partial charge in [0.25, 0.3) is 0 Å². The van der Waals surface area contributed by atoms with E-state index >= 15 is 0 Å². The van der Waals surface area contributed by atoms with E-state index in [1.807, 2.05) is 27.7 Å². The Labute approximate surface area is 124 Å². The molecule has 0 atom stereocenters. The van der Waals surface area contributed by atoms with Gasteiger partial charge in [0, 0.05) is 0 Å². The molecule has 0 fully saturated rings. The quantitative estimate of drug-likeness (QED) is 0.749. The SMILES string of the molecule is CC(C)Cc1c(O)cc(C(=O)O)c(C(=O)O)c1CC(C)C. The van der Waals surface area contributed by atoms with Crippen molar-refractivity contribution in [3.63, 3.8) is 0 Å². The lowest BCUT2D eigenvalue weighted by Crippen LogP contribution is -2.16. The molecule has 0 aliphatic heterocycles. The summed E-state index contributed by atoms with van der Waals surface area (Å²) in [6, 6.07) is 1.05. The van der Waals surface area contributed by atoms with E-state index in [2.05, 4.69) is 0 Å². The molecule has 0 radical (unpaired) electrons. The number of benzene rings is 1. The summed E-state index contributed by atoms with van der Waals surface area (Å²) in [4.78, 5) is 22.8. The smallest absolute Gasteiger partial charge is 0.336 e. The van der Waals surface area contributed by atoms with E-state index in [4.69, 9.17) is 0 Å². The van der Waals surface area contributed by atoms with Gasteiger partial charge in [-0.2, -0.15) is 0 Å². The van der Waals surface area contributed by atoms with E-state index in [0.29, 0.717) is 24.0 Å². The number of phenolic OH excluding ortho intramolecular Hbond substituents is 1. The van der Waals surface area contributed by atoms with Crippen LogP contribution < -0.4 is 0 Å². The number of carboxylic acids is 2. The van der Waals surface area contributed by atoms with Crippen LogP contribution in [0.15, 0.2) is 6.07 Å². The van der Waals surface area contributed by atoms with Crippen LogP contribution in [-0.4, -0.2) is 27.3 Å². The fourth-order valence-corrected chi connectivity index (χ4v) is 2.45. The number of rotatable bonds is 6. The van der Waals surface area contributed by atoms with Gasteiger partial charge in [-0.1, -0.05) is 27.7 Å². The molecule has 0 aromatic heterocycles. The minimum atomic E-state index is -1.34. The van der Waals surface area contributed by atoms with Gasteiger partial charge < -0.3 is 15.3 Å². The van der Waals surface area contributed by atoms with Crippen molar-refractivity contribution in [2.45, 2.75) is 40.5 Å². The summed E-state index contributed by atoms with van der Waals surface area (Å²) in [6.07, 6.45) is 0.923. The molecule has 0 saturated carbocycles. The second-order valence-electron chi connectivity index (χ2n) is 6.08. The van der Waals surface area contributed by atoms with Crippen LogP contribution in [0.4, 0.5) is 0 Å². The normalized spacial score (nSPS) is 11.1. The van der Waals surface area contributed by atoms with Gasteiger partial charge in [0.05, 0.1) is 11.1 Å². The molecule has 21 heavy (non-hydrogen) atoms. The number of aromatic hydroxyl groups is 1. The van der Waals surface area contributed by atoms with Gasteiger partial charge in [0.1, 0.15) is 5.75 Å². The molecule has 0 unspecified atom stereocenters. The highest BCUT2D eigenvalue weighted by Crippen LogP contribution is 2.32. The highest BCUT2D eigenvalue weighted by Gasteiger charge is 2.26. The Morgan fingerprint density at radius 1 is 0.952 bits per heavy atom. The summed E-state index contributed by atoms with van der Waals surface area (Å²) < 4.78 is 0. The molecule has 0 spiro atoms. The van der Waals surface area contributed by atoms with E-state index in [1.165, 1.54) is 0 Å². The van der Waals surface area contributed by atoms with Gasteiger partial charge in [0.15, 0.2) is 0 Å². The lowest BCUT2D eigenvalue weighted by atomic mass is 9.86. The van der Waals surface area contributed by atoms with Crippen molar-refractivity contribution in [2.24, 2.45) is 11.8 Å². The van der Waals surface area contributed by atoms with Crippen molar-refractivity contribution in [1.82, 2.24) is 0 Å². The first kappa shape index (κ1) is 17.0. The zero-order valence-electron chi connectivity index (χ0n) is 12.8. The van der Waals surface area contributed by atoms with Gasteiger partial charge in [-0.3, -0.25) is 0 Å².